The van der Waals surface area contributed by atoms with Gasteiger partial charge in [-0.05, 0) is 48.0 Å². The standard InChI is InChI=1S/C21H14ClF3N2O4/c22-13-1-4-17-12(7-13)8-18(31-17)20(29)27-16-3-2-14(9-15(16)21(23,24)25)26-19(28)11-5-6-30-10-11/h1-7,9-10,18H,8H2,(H,26,28)(H,27,29). The Morgan fingerprint density at radius 2 is 1.87 bits per heavy atom. The highest BCUT2D eigenvalue weighted by molar-refractivity contribution is 6.30. The van der Waals surface area contributed by atoms with Crippen molar-refractivity contribution in [2.45, 2.75) is 18.7 Å². The summed E-state index contributed by atoms with van der Waals surface area (Å²) in [6, 6.07) is 9.29. The fourth-order valence-electron chi connectivity index (χ4n) is 3.14. The number of nitrogens with one attached hydrogen (secondary N) is 2. The molecule has 2 amide bonds. The first-order valence-corrected chi connectivity index (χ1v) is 9.39. The smallest absolute Gasteiger partial charge is 0.418 e. The van der Waals surface area contributed by atoms with Crippen LogP contribution in [0.3, 0.4) is 0 Å². The van der Waals surface area contributed by atoms with Crippen LogP contribution in [0.4, 0.5) is 24.5 Å². The van der Waals surface area contributed by atoms with Crippen LogP contribution in [0.25, 0.3) is 0 Å². The molecule has 2 heterocycles. The van der Waals surface area contributed by atoms with Crippen molar-refractivity contribution in [2.24, 2.45) is 0 Å². The third-order valence-electron chi connectivity index (χ3n) is 4.61. The molecule has 2 N–H and O–H groups in total. The second-order valence-corrected chi connectivity index (χ2v) is 7.21. The molecule has 0 aliphatic carbocycles. The number of ether oxygens (including phenoxy) is 1. The molecule has 1 aliphatic rings. The summed E-state index contributed by atoms with van der Waals surface area (Å²) in [5, 5.41) is 5.10. The van der Waals surface area contributed by atoms with Crippen LogP contribution in [0.15, 0.2) is 59.4 Å². The lowest BCUT2D eigenvalue weighted by atomic mass is 10.1. The number of furan rings is 1. The molecule has 0 bridgehead atoms. The zero-order valence-corrected chi connectivity index (χ0v) is 16.4. The number of halogens is 4. The van der Waals surface area contributed by atoms with Gasteiger partial charge in [-0.2, -0.15) is 13.2 Å². The Morgan fingerprint density at radius 1 is 1.06 bits per heavy atom. The van der Waals surface area contributed by atoms with Gasteiger partial charge in [0, 0.05) is 17.1 Å². The van der Waals surface area contributed by atoms with E-state index in [2.05, 4.69) is 10.6 Å². The van der Waals surface area contributed by atoms with Gasteiger partial charge < -0.3 is 19.8 Å². The van der Waals surface area contributed by atoms with Crippen LogP contribution in [-0.2, 0) is 17.4 Å². The van der Waals surface area contributed by atoms with Crippen molar-refractivity contribution >= 4 is 34.8 Å². The molecule has 31 heavy (non-hydrogen) atoms. The SMILES string of the molecule is O=C(Nc1ccc(NC(=O)C2Cc3cc(Cl)ccc3O2)c(C(F)(F)F)c1)c1ccoc1. The second kappa shape index (κ2) is 7.99. The number of alkyl halides is 3. The summed E-state index contributed by atoms with van der Waals surface area (Å²) in [6.07, 6.45) is -3.14. The van der Waals surface area contributed by atoms with Crippen molar-refractivity contribution < 1.29 is 31.9 Å². The summed E-state index contributed by atoms with van der Waals surface area (Å²) >= 11 is 5.92. The van der Waals surface area contributed by atoms with Crippen molar-refractivity contribution in [1.82, 2.24) is 0 Å². The van der Waals surface area contributed by atoms with Crippen LogP contribution in [-0.4, -0.2) is 17.9 Å². The average Bonchev–Trinajstić information content (AvgIpc) is 3.37. The molecule has 0 spiro atoms. The highest BCUT2D eigenvalue weighted by Crippen LogP contribution is 2.37. The number of rotatable bonds is 4. The Kier molecular flexibility index (Phi) is 5.36. The minimum Gasteiger partial charge on any atom is -0.480 e. The number of amides is 2. The molecule has 160 valence electrons. The largest absolute Gasteiger partial charge is 0.480 e. The fourth-order valence-corrected chi connectivity index (χ4v) is 3.33. The minimum absolute atomic E-state index is 0.0873. The quantitative estimate of drug-likeness (QED) is 0.576. The third-order valence-corrected chi connectivity index (χ3v) is 4.85. The molecule has 0 saturated carbocycles. The number of fused-ring (bicyclic) bond motifs is 1. The van der Waals surface area contributed by atoms with Crippen LogP contribution in [0, 0.1) is 0 Å². The van der Waals surface area contributed by atoms with E-state index in [0.717, 1.165) is 12.1 Å². The average molecular weight is 451 g/mol. The number of benzene rings is 2. The maximum Gasteiger partial charge on any atom is 0.418 e. The molecule has 0 saturated heterocycles. The van der Waals surface area contributed by atoms with Gasteiger partial charge in [-0.25, -0.2) is 0 Å². The van der Waals surface area contributed by atoms with Crippen LogP contribution in [0.5, 0.6) is 5.75 Å². The number of hydrogen-bond acceptors (Lipinski definition) is 4. The predicted molar refractivity (Wildman–Crippen MR) is 106 cm³/mol. The highest BCUT2D eigenvalue weighted by atomic mass is 35.5. The van der Waals surface area contributed by atoms with E-state index in [-0.39, 0.29) is 17.7 Å². The molecular formula is C21H14ClF3N2O4. The van der Waals surface area contributed by atoms with Gasteiger partial charge in [0.2, 0.25) is 0 Å². The van der Waals surface area contributed by atoms with Crippen molar-refractivity contribution in [3.8, 4) is 5.75 Å². The molecule has 1 aromatic heterocycles. The molecule has 0 fully saturated rings. The van der Waals surface area contributed by atoms with E-state index in [1.165, 1.54) is 24.7 Å². The van der Waals surface area contributed by atoms with E-state index in [9.17, 15) is 22.8 Å². The Morgan fingerprint density at radius 3 is 2.58 bits per heavy atom. The Bertz CT molecular complexity index is 1150. The molecule has 6 nitrogen and oxygen atoms in total. The monoisotopic (exact) mass is 450 g/mol. The zero-order chi connectivity index (χ0) is 22.2. The minimum atomic E-state index is -4.77. The lowest BCUT2D eigenvalue weighted by Crippen LogP contribution is -2.32. The first-order valence-electron chi connectivity index (χ1n) is 9.01. The zero-order valence-electron chi connectivity index (χ0n) is 15.6. The summed E-state index contributed by atoms with van der Waals surface area (Å²) in [5.41, 5.74) is -0.790. The number of carbonyl (C=O) groups is 2. The Hall–Kier alpha value is -3.46. The molecule has 2 aromatic carbocycles. The molecule has 10 heteroatoms. The molecule has 1 unspecified atom stereocenters. The van der Waals surface area contributed by atoms with E-state index in [0.29, 0.717) is 16.3 Å². The molecule has 1 atom stereocenters. The van der Waals surface area contributed by atoms with Gasteiger partial charge in [-0.3, -0.25) is 9.59 Å². The molecule has 3 aromatic rings. The maximum atomic E-state index is 13.6. The number of hydrogen-bond donors (Lipinski definition) is 2. The lowest BCUT2D eigenvalue weighted by Gasteiger charge is -2.17. The summed E-state index contributed by atoms with van der Waals surface area (Å²) in [7, 11) is 0. The summed E-state index contributed by atoms with van der Waals surface area (Å²) < 4.78 is 51.1. The normalized spacial score (nSPS) is 15.2. The van der Waals surface area contributed by atoms with Crippen LogP contribution in [0.2, 0.25) is 5.02 Å². The summed E-state index contributed by atoms with van der Waals surface area (Å²) in [5.74, 6) is -0.902. The predicted octanol–water partition coefficient (Wildman–Crippen LogP) is 5.15. The topological polar surface area (TPSA) is 80.6 Å². The Balaban J connectivity index is 1.52. The van der Waals surface area contributed by atoms with E-state index in [1.807, 2.05) is 0 Å². The second-order valence-electron chi connectivity index (χ2n) is 6.78. The van der Waals surface area contributed by atoms with E-state index >= 15 is 0 Å². The molecular weight excluding hydrogens is 437 g/mol. The van der Waals surface area contributed by atoms with E-state index in [1.54, 1.807) is 18.2 Å². The third kappa shape index (κ3) is 4.51. The van der Waals surface area contributed by atoms with Gasteiger partial charge >= 0.3 is 6.18 Å². The molecule has 1 aliphatic heterocycles. The van der Waals surface area contributed by atoms with Crippen LogP contribution >= 0.6 is 11.6 Å². The number of anilines is 2. The van der Waals surface area contributed by atoms with E-state index < -0.39 is 35.3 Å². The molecule has 0 radical (unpaired) electrons. The van der Waals surface area contributed by atoms with Crippen molar-refractivity contribution in [3.63, 3.8) is 0 Å². The first-order chi connectivity index (χ1) is 14.7. The van der Waals surface area contributed by atoms with Gasteiger partial charge in [0.05, 0.1) is 23.1 Å². The molecule has 4 rings (SSSR count). The fraction of sp³-hybridized carbons (Fsp3) is 0.143. The van der Waals surface area contributed by atoms with Gasteiger partial charge in [0.25, 0.3) is 11.8 Å². The van der Waals surface area contributed by atoms with Crippen molar-refractivity contribution in [2.75, 3.05) is 10.6 Å². The highest BCUT2D eigenvalue weighted by Gasteiger charge is 2.36. The van der Waals surface area contributed by atoms with Gasteiger partial charge in [-0.1, -0.05) is 11.6 Å². The van der Waals surface area contributed by atoms with Crippen molar-refractivity contribution in [3.05, 3.63) is 76.7 Å². The first kappa shape index (κ1) is 20.8. The Labute approximate surface area is 178 Å². The van der Waals surface area contributed by atoms with Crippen LogP contribution < -0.4 is 15.4 Å². The van der Waals surface area contributed by atoms with E-state index in [4.69, 9.17) is 20.8 Å². The summed E-state index contributed by atoms with van der Waals surface area (Å²) in [4.78, 5) is 24.6. The van der Waals surface area contributed by atoms with Crippen LogP contribution in [0.1, 0.15) is 21.5 Å². The lowest BCUT2D eigenvalue weighted by molar-refractivity contribution is -0.137. The maximum absolute atomic E-state index is 13.6. The summed E-state index contributed by atoms with van der Waals surface area (Å²) in [6.45, 7) is 0. The van der Waals surface area contributed by atoms with Gasteiger partial charge in [0.1, 0.15) is 12.0 Å². The van der Waals surface area contributed by atoms with Gasteiger partial charge in [-0.15, -0.1) is 0 Å². The van der Waals surface area contributed by atoms with Crippen molar-refractivity contribution in [1.29, 1.82) is 0 Å². The number of carbonyl (C=O) groups excluding carboxylic acids is 2. The van der Waals surface area contributed by atoms with Gasteiger partial charge in [0.15, 0.2) is 6.10 Å².